The predicted molar refractivity (Wildman–Crippen MR) is 80.6 cm³/mol. The van der Waals surface area contributed by atoms with Crippen LogP contribution in [0.1, 0.15) is 6.92 Å². The molecule has 1 heterocycles. The highest BCUT2D eigenvalue weighted by atomic mass is 35.5. The highest BCUT2D eigenvalue weighted by molar-refractivity contribution is 6.30. The van der Waals surface area contributed by atoms with Gasteiger partial charge in [-0.1, -0.05) is 17.7 Å². The van der Waals surface area contributed by atoms with Crippen LogP contribution in [0.15, 0.2) is 24.3 Å². The highest BCUT2D eigenvalue weighted by Crippen LogP contribution is 2.18. The average Bonchev–Trinajstić information content (AvgIpc) is 2.63. The van der Waals surface area contributed by atoms with Gasteiger partial charge < -0.3 is 15.4 Å². The van der Waals surface area contributed by atoms with E-state index in [1.807, 2.05) is 0 Å². The number of nitrogens with zero attached hydrogens (tertiary/aromatic N) is 1. The van der Waals surface area contributed by atoms with Crippen molar-refractivity contribution in [2.75, 3.05) is 25.6 Å². The quantitative estimate of drug-likeness (QED) is 0.797. The van der Waals surface area contributed by atoms with Gasteiger partial charge in [0.15, 0.2) is 0 Å². The van der Waals surface area contributed by atoms with E-state index < -0.39 is 23.4 Å². The first kappa shape index (κ1) is 16.3. The number of ether oxygens (including phenoxy) is 1. The fourth-order valence-corrected chi connectivity index (χ4v) is 2.38. The Morgan fingerprint density at radius 2 is 2.18 bits per heavy atom. The van der Waals surface area contributed by atoms with Crippen LogP contribution >= 0.6 is 11.6 Å². The standard InChI is InChI=1S/C14H16ClN3O4/c1-14(8-22-2)12(20)18(13(21)17-14)7-11(19)16-10-5-3-4-9(15)6-10/h3-6H,7-8H2,1-2H3,(H,16,19)(H,17,21)/t14-/m0/s1. The Morgan fingerprint density at radius 1 is 1.45 bits per heavy atom. The SMILES string of the molecule is COC[C@]1(C)NC(=O)N(CC(=O)Nc2cccc(Cl)c2)C1=O. The molecule has 0 bridgehead atoms. The monoisotopic (exact) mass is 325 g/mol. The normalized spacial score (nSPS) is 21.0. The molecule has 0 unspecified atom stereocenters. The molecule has 0 spiro atoms. The molecule has 0 aromatic heterocycles. The molecule has 22 heavy (non-hydrogen) atoms. The van der Waals surface area contributed by atoms with Crippen molar-refractivity contribution in [2.45, 2.75) is 12.5 Å². The van der Waals surface area contributed by atoms with Crippen LogP contribution in [0.5, 0.6) is 0 Å². The molecule has 8 heteroatoms. The number of hydrogen-bond donors (Lipinski definition) is 2. The van der Waals surface area contributed by atoms with Gasteiger partial charge in [-0.25, -0.2) is 4.79 Å². The van der Waals surface area contributed by atoms with Crippen molar-refractivity contribution in [2.24, 2.45) is 0 Å². The topological polar surface area (TPSA) is 87.7 Å². The van der Waals surface area contributed by atoms with Crippen molar-refractivity contribution < 1.29 is 19.1 Å². The van der Waals surface area contributed by atoms with E-state index in [-0.39, 0.29) is 13.2 Å². The highest BCUT2D eigenvalue weighted by Gasteiger charge is 2.48. The zero-order valence-corrected chi connectivity index (χ0v) is 12.9. The molecule has 4 amide bonds. The van der Waals surface area contributed by atoms with E-state index in [0.717, 1.165) is 4.90 Å². The van der Waals surface area contributed by atoms with Gasteiger partial charge in [0.25, 0.3) is 5.91 Å². The van der Waals surface area contributed by atoms with Gasteiger partial charge in [-0.3, -0.25) is 14.5 Å². The van der Waals surface area contributed by atoms with Gasteiger partial charge in [0.2, 0.25) is 5.91 Å². The second-order valence-corrected chi connectivity index (χ2v) is 5.58. The van der Waals surface area contributed by atoms with Crippen molar-refractivity contribution in [1.82, 2.24) is 10.2 Å². The smallest absolute Gasteiger partial charge is 0.325 e. The van der Waals surface area contributed by atoms with Gasteiger partial charge in [0, 0.05) is 17.8 Å². The number of carbonyl (C=O) groups is 3. The van der Waals surface area contributed by atoms with E-state index in [0.29, 0.717) is 10.7 Å². The second kappa shape index (κ2) is 6.33. The van der Waals surface area contributed by atoms with Crippen LogP contribution < -0.4 is 10.6 Å². The van der Waals surface area contributed by atoms with Gasteiger partial charge >= 0.3 is 6.03 Å². The molecular weight excluding hydrogens is 310 g/mol. The minimum Gasteiger partial charge on any atom is -0.382 e. The number of halogens is 1. The van der Waals surface area contributed by atoms with Crippen molar-refractivity contribution in [3.05, 3.63) is 29.3 Å². The summed E-state index contributed by atoms with van der Waals surface area (Å²) in [5.74, 6) is -0.993. The van der Waals surface area contributed by atoms with E-state index >= 15 is 0 Å². The summed E-state index contributed by atoms with van der Waals surface area (Å²) in [4.78, 5) is 36.9. The van der Waals surface area contributed by atoms with Crippen LogP contribution in [0.25, 0.3) is 0 Å². The minimum absolute atomic E-state index is 0.0317. The largest absolute Gasteiger partial charge is 0.382 e. The van der Waals surface area contributed by atoms with Gasteiger partial charge in [-0.15, -0.1) is 0 Å². The summed E-state index contributed by atoms with van der Waals surface area (Å²) in [5.41, 5.74) is -0.661. The first-order valence-corrected chi connectivity index (χ1v) is 6.92. The Labute approximate surface area is 132 Å². The summed E-state index contributed by atoms with van der Waals surface area (Å²) in [6.07, 6.45) is 0. The minimum atomic E-state index is -1.15. The molecule has 118 valence electrons. The lowest BCUT2D eigenvalue weighted by molar-refractivity contribution is -0.134. The molecule has 1 saturated heterocycles. The van der Waals surface area contributed by atoms with Crippen molar-refractivity contribution >= 4 is 35.1 Å². The molecule has 7 nitrogen and oxygen atoms in total. The summed E-state index contributed by atoms with van der Waals surface area (Å²) in [7, 11) is 1.43. The third-order valence-corrected chi connectivity index (χ3v) is 3.42. The molecule has 1 fully saturated rings. The van der Waals surface area contributed by atoms with Gasteiger partial charge in [-0.05, 0) is 25.1 Å². The van der Waals surface area contributed by atoms with Gasteiger partial charge in [0.05, 0.1) is 6.61 Å². The zero-order chi connectivity index (χ0) is 16.3. The Kier molecular flexibility index (Phi) is 4.68. The predicted octanol–water partition coefficient (Wildman–Crippen LogP) is 1.24. The molecule has 1 aliphatic heterocycles. The summed E-state index contributed by atoms with van der Waals surface area (Å²) in [6, 6.07) is 5.96. The van der Waals surface area contributed by atoms with Crippen LogP contribution in [0, 0.1) is 0 Å². The zero-order valence-electron chi connectivity index (χ0n) is 12.2. The van der Waals surface area contributed by atoms with E-state index in [1.165, 1.54) is 7.11 Å². The number of amides is 4. The molecular formula is C14H16ClN3O4. The average molecular weight is 326 g/mol. The van der Waals surface area contributed by atoms with Crippen LogP contribution in [0.4, 0.5) is 10.5 Å². The molecule has 1 atom stereocenters. The number of carbonyl (C=O) groups excluding carboxylic acids is 3. The van der Waals surface area contributed by atoms with Crippen LogP contribution in [-0.4, -0.2) is 48.5 Å². The Hall–Kier alpha value is -2.12. The maximum Gasteiger partial charge on any atom is 0.325 e. The Bertz CT molecular complexity index is 622. The number of methoxy groups -OCH3 is 1. The Balaban J connectivity index is 2.02. The molecule has 1 aromatic rings. The van der Waals surface area contributed by atoms with Gasteiger partial charge in [-0.2, -0.15) is 0 Å². The second-order valence-electron chi connectivity index (χ2n) is 5.15. The van der Waals surface area contributed by atoms with Crippen molar-refractivity contribution in [1.29, 1.82) is 0 Å². The molecule has 1 aromatic carbocycles. The first-order valence-electron chi connectivity index (χ1n) is 6.54. The lowest BCUT2D eigenvalue weighted by Gasteiger charge is -2.20. The molecule has 2 rings (SSSR count). The third-order valence-electron chi connectivity index (χ3n) is 3.19. The van der Waals surface area contributed by atoms with E-state index in [9.17, 15) is 14.4 Å². The number of hydrogen-bond acceptors (Lipinski definition) is 4. The van der Waals surface area contributed by atoms with E-state index in [1.54, 1.807) is 31.2 Å². The van der Waals surface area contributed by atoms with Crippen LogP contribution in [0.3, 0.4) is 0 Å². The van der Waals surface area contributed by atoms with Crippen molar-refractivity contribution in [3.8, 4) is 0 Å². The molecule has 0 saturated carbocycles. The fourth-order valence-electron chi connectivity index (χ4n) is 2.19. The molecule has 0 radical (unpaired) electrons. The van der Waals surface area contributed by atoms with Crippen molar-refractivity contribution in [3.63, 3.8) is 0 Å². The number of nitrogens with one attached hydrogen (secondary N) is 2. The number of benzene rings is 1. The van der Waals surface area contributed by atoms with E-state index in [2.05, 4.69) is 10.6 Å². The van der Waals surface area contributed by atoms with Gasteiger partial charge in [0.1, 0.15) is 12.1 Å². The van der Waals surface area contributed by atoms with Crippen LogP contribution in [0.2, 0.25) is 5.02 Å². The first-order chi connectivity index (χ1) is 10.4. The summed E-state index contributed by atoms with van der Waals surface area (Å²) < 4.78 is 4.93. The molecule has 0 aliphatic carbocycles. The maximum absolute atomic E-state index is 12.2. The number of anilines is 1. The summed E-state index contributed by atoms with van der Waals surface area (Å²) >= 11 is 5.82. The molecule has 1 aliphatic rings. The fraction of sp³-hybridized carbons (Fsp3) is 0.357. The number of imide groups is 1. The summed E-state index contributed by atoms with van der Waals surface area (Å²) in [5, 5.41) is 5.57. The molecule has 2 N–H and O–H groups in total. The lowest BCUT2D eigenvalue weighted by Crippen LogP contribution is -2.48. The number of urea groups is 1. The summed E-state index contributed by atoms with van der Waals surface area (Å²) in [6.45, 7) is 1.20. The third kappa shape index (κ3) is 3.37. The van der Waals surface area contributed by atoms with Crippen LogP contribution in [-0.2, 0) is 14.3 Å². The maximum atomic E-state index is 12.2. The lowest BCUT2D eigenvalue weighted by atomic mass is 10.0. The Morgan fingerprint density at radius 3 is 2.82 bits per heavy atom. The number of rotatable bonds is 5. The van der Waals surface area contributed by atoms with E-state index in [4.69, 9.17) is 16.3 Å².